The first-order valence-corrected chi connectivity index (χ1v) is 11.6. The van der Waals surface area contributed by atoms with Crippen LogP contribution in [0.1, 0.15) is 16.1 Å². The molecule has 0 fully saturated rings. The number of hydrogen-bond acceptors (Lipinski definition) is 5. The van der Waals surface area contributed by atoms with E-state index in [1.165, 1.54) is 26.4 Å². The van der Waals surface area contributed by atoms with Gasteiger partial charge in [-0.25, -0.2) is 12.4 Å². The molecule has 2 aromatic heterocycles. The average molecular weight is 461 g/mol. The molecule has 0 aliphatic rings. The average Bonchev–Trinajstić information content (AvgIpc) is 3.47. The van der Waals surface area contributed by atoms with E-state index in [0.29, 0.717) is 28.0 Å². The quantitative estimate of drug-likeness (QED) is 0.374. The van der Waals surface area contributed by atoms with Gasteiger partial charge in [0.1, 0.15) is 5.69 Å². The molecule has 0 spiro atoms. The molecule has 1 N–H and O–H groups in total. The number of hydrogen-bond donors (Lipinski definition) is 1. The van der Waals surface area contributed by atoms with Crippen molar-refractivity contribution in [1.29, 1.82) is 0 Å². The lowest BCUT2D eigenvalue weighted by molar-refractivity contribution is 0.103. The smallest absolute Gasteiger partial charge is 0.268 e. The Labute approximate surface area is 190 Å². The first-order valence-electron chi connectivity index (χ1n) is 10.1. The Morgan fingerprint density at radius 1 is 0.848 bits per heavy atom. The van der Waals surface area contributed by atoms with Crippen LogP contribution < -0.4 is 9.47 Å². The van der Waals surface area contributed by atoms with E-state index in [9.17, 15) is 13.2 Å². The van der Waals surface area contributed by atoms with Gasteiger partial charge in [0, 0.05) is 34.1 Å². The molecule has 0 aliphatic heterocycles. The Hall–Kier alpha value is -4.04. The molecular weight excluding hydrogens is 440 g/mol. The summed E-state index contributed by atoms with van der Waals surface area (Å²) in [6.45, 7) is 0. The van der Waals surface area contributed by atoms with Crippen molar-refractivity contribution in [2.45, 2.75) is 4.90 Å². The Morgan fingerprint density at radius 3 is 2.30 bits per heavy atom. The molecule has 8 heteroatoms. The van der Waals surface area contributed by atoms with E-state index in [1.54, 1.807) is 60.8 Å². The molecular formula is C25H20N2O5S. The SMILES string of the molecule is COc1cc2cc(C(=O)c3ccc4[nH]ccc4c3)n(S(=O)(=O)c3ccccc3)c2cc1OC. The zero-order chi connectivity index (χ0) is 23.2. The van der Waals surface area contributed by atoms with E-state index in [2.05, 4.69) is 4.98 Å². The van der Waals surface area contributed by atoms with E-state index in [0.717, 1.165) is 14.9 Å². The van der Waals surface area contributed by atoms with Crippen LogP contribution in [-0.4, -0.2) is 37.4 Å². The minimum atomic E-state index is -4.09. The third kappa shape index (κ3) is 3.35. The van der Waals surface area contributed by atoms with E-state index < -0.39 is 15.8 Å². The van der Waals surface area contributed by atoms with Gasteiger partial charge in [0.2, 0.25) is 5.78 Å². The van der Waals surface area contributed by atoms with E-state index >= 15 is 0 Å². The third-order valence-electron chi connectivity index (χ3n) is 5.59. The van der Waals surface area contributed by atoms with Crippen LogP contribution in [0.25, 0.3) is 21.8 Å². The number of nitrogens with zero attached hydrogens (tertiary/aromatic N) is 1. The van der Waals surface area contributed by atoms with Gasteiger partial charge in [-0.05, 0) is 48.5 Å². The second-order valence-electron chi connectivity index (χ2n) is 7.49. The van der Waals surface area contributed by atoms with Crippen LogP contribution in [0.2, 0.25) is 0 Å². The fourth-order valence-corrected chi connectivity index (χ4v) is 5.49. The Kier molecular flexibility index (Phi) is 4.94. The van der Waals surface area contributed by atoms with Crippen molar-refractivity contribution in [3.05, 3.63) is 90.3 Å². The van der Waals surface area contributed by atoms with Crippen molar-refractivity contribution >= 4 is 37.6 Å². The summed E-state index contributed by atoms with van der Waals surface area (Å²) in [6, 6.07) is 19.9. The maximum Gasteiger partial charge on any atom is 0.268 e. The maximum atomic E-state index is 13.7. The summed E-state index contributed by atoms with van der Waals surface area (Å²) >= 11 is 0. The Morgan fingerprint density at radius 2 is 1.58 bits per heavy atom. The molecule has 3 aromatic carbocycles. The number of aromatic amines is 1. The zero-order valence-electron chi connectivity index (χ0n) is 17.9. The van der Waals surface area contributed by atoms with Crippen molar-refractivity contribution in [3.63, 3.8) is 0 Å². The Balaban J connectivity index is 1.80. The topological polar surface area (TPSA) is 90.4 Å². The second-order valence-corrected chi connectivity index (χ2v) is 9.27. The van der Waals surface area contributed by atoms with Gasteiger partial charge in [-0.2, -0.15) is 0 Å². The lowest BCUT2D eigenvalue weighted by Gasteiger charge is -2.13. The van der Waals surface area contributed by atoms with Gasteiger partial charge in [-0.3, -0.25) is 4.79 Å². The molecule has 0 bridgehead atoms. The molecule has 7 nitrogen and oxygen atoms in total. The van der Waals surface area contributed by atoms with Crippen LogP contribution in [-0.2, 0) is 10.0 Å². The van der Waals surface area contributed by atoms with Gasteiger partial charge in [0.15, 0.2) is 11.5 Å². The second kappa shape index (κ2) is 7.83. The molecule has 0 saturated carbocycles. The molecule has 0 saturated heterocycles. The lowest BCUT2D eigenvalue weighted by Crippen LogP contribution is -2.19. The van der Waals surface area contributed by atoms with Crippen molar-refractivity contribution in [2.24, 2.45) is 0 Å². The van der Waals surface area contributed by atoms with Gasteiger partial charge >= 0.3 is 0 Å². The van der Waals surface area contributed by atoms with Crippen molar-refractivity contribution < 1.29 is 22.7 Å². The number of H-pyrrole nitrogens is 1. The van der Waals surface area contributed by atoms with Crippen LogP contribution in [0.5, 0.6) is 11.5 Å². The van der Waals surface area contributed by atoms with Crippen LogP contribution in [0.15, 0.2) is 83.9 Å². The summed E-state index contributed by atoms with van der Waals surface area (Å²) in [7, 11) is -1.12. The minimum Gasteiger partial charge on any atom is -0.493 e. The highest BCUT2D eigenvalue weighted by atomic mass is 32.2. The number of methoxy groups -OCH3 is 2. The predicted octanol–water partition coefficient (Wildman–Crippen LogP) is 4.61. The number of carbonyl (C=O) groups excluding carboxylic acids is 1. The lowest BCUT2D eigenvalue weighted by atomic mass is 10.1. The normalized spacial score (nSPS) is 11.7. The first kappa shape index (κ1) is 20.8. The number of ether oxygens (including phenoxy) is 2. The fraction of sp³-hybridized carbons (Fsp3) is 0.0800. The van der Waals surface area contributed by atoms with E-state index in [-0.39, 0.29) is 10.6 Å². The molecule has 0 aliphatic carbocycles. The van der Waals surface area contributed by atoms with Crippen molar-refractivity contribution in [2.75, 3.05) is 14.2 Å². The summed E-state index contributed by atoms with van der Waals surface area (Å²) in [5.74, 6) is 0.388. The van der Waals surface area contributed by atoms with Crippen molar-refractivity contribution in [1.82, 2.24) is 8.96 Å². The highest BCUT2D eigenvalue weighted by Crippen LogP contribution is 2.36. The van der Waals surface area contributed by atoms with Gasteiger partial charge < -0.3 is 14.5 Å². The molecule has 5 aromatic rings. The molecule has 166 valence electrons. The summed E-state index contributed by atoms with van der Waals surface area (Å²) < 4.78 is 39.3. The number of benzene rings is 3. The summed E-state index contributed by atoms with van der Waals surface area (Å²) in [6.07, 6.45) is 1.79. The summed E-state index contributed by atoms with van der Waals surface area (Å²) in [4.78, 5) is 16.8. The van der Waals surface area contributed by atoms with Gasteiger partial charge in [-0.15, -0.1) is 0 Å². The molecule has 5 rings (SSSR count). The first-order chi connectivity index (χ1) is 15.9. The fourth-order valence-electron chi connectivity index (χ4n) is 3.97. The predicted molar refractivity (Wildman–Crippen MR) is 126 cm³/mol. The highest BCUT2D eigenvalue weighted by molar-refractivity contribution is 7.90. The molecule has 0 amide bonds. The molecule has 2 heterocycles. The van der Waals surface area contributed by atoms with Crippen LogP contribution >= 0.6 is 0 Å². The van der Waals surface area contributed by atoms with E-state index in [1.807, 2.05) is 6.07 Å². The van der Waals surface area contributed by atoms with Crippen molar-refractivity contribution in [3.8, 4) is 11.5 Å². The number of fused-ring (bicyclic) bond motifs is 2. The summed E-state index contributed by atoms with van der Waals surface area (Å²) in [5, 5.41) is 1.40. The number of rotatable bonds is 6. The van der Waals surface area contributed by atoms with Gasteiger partial charge in [-0.1, -0.05) is 18.2 Å². The maximum absolute atomic E-state index is 13.7. The van der Waals surface area contributed by atoms with Gasteiger partial charge in [0.05, 0.1) is 24.6 Å². The summed E-state index contributed by atoms with van der Waals surface area (Å²) in [5.41, 5.74) is 1.62. The highest BCUT2D eigenvalue weighted by Gasteiger charge is 2.28. The van der Waals surface area contributed by atoms with Gasteiger partial charge in [0.25, 0.3) is 10.0 Å². The number of nitrogens with one attached hydrogen (secondary N) is 1. The van der Waals surface area contributed by atoms with Crippen LogP contribution in [0.4, 0.5) is 0 Å². The minimum absolute atomic E-state index is 0.0269. The molecule has 33 heavy (non-hydrogen) atoms. The number of carbonyl (C=O) groups is 1. The standard InChI is InChI=1S/C25H20N2O5S/c1-31-23-14-18-13-22(25(28)17-8-9-20-16(12-17)10-11-26-20)27(21(18)15-24(23)32-2)33(29,30)19-6-4-3-5-7-19/h3-15,26H,1-2H3. The molecule has 0 atom stereocenters. The third-order valence-corrected chi connectivity index (χ3v) is 7.33. The van der Waals surface area contributed by atoms with Crippen LogP contribution in [0.3, 0.4) is 0 Å². The van der Waals surface area contributed by atoms with Crippen LogP contribution in [0, 0.1) is 0 Å². The number of ketones is 1. The largest absolute Gasteiger partial charge is 0.493 e. The monoisotopic (exact) mass is 460 g/mol. The number of aromatic nitrogens is 2. The molecule has 0 radical (unpaired) electrons. The van der Waals surface area contributed by atoms with E-state index in [4.69, 9.17) is 9.47 Å². The molecule has 0 unspecified atom stereocenters. The zero-order valence-corrected chi connectivity index (χ0v) is 18.7. The Bertz CT molecular complexity index is 1620.